The molecule has 0 unspecified atom stereocenters. The number of aromatic nitrogens is 2. The predicted molar refractivity (Wildman–Crippen MR) is 105 cm³/mol. The van der Waals surface area contributed by atoms with Gasteiger partial charge in [0.15, 0.2) is 6.61 Å². The number of amides is 1. The van der Waals surface area contributed by atoms with Crippen LogP contribution in [-0.4, -0.2) is 54.4 Å². The first kappa shape index (κ1) is 20.6. The lowest BCUT2D eigenvalue weighted by molar-refractivity contribution is -0.123. The Labute approximate surface area is 169 Å². The fraction of sp³-hybridized carbons (Fsp3) is 0.444. The van der Waals surface area contributed by atoms with Crippen molar-refractivity contribution in [2.45, 2.75) is 30.7 Å². The molecule has 0 radical (unpaired) electrons. The van der Waals surface area contributed by atoms with E-state index in [0.717, 1.165) is 25.8 Å². The Morgan fingerprint density at radius 3 is 2.75 bits per heavy atom. The van der Waals surface area contributed by atoms with E-state index in [9.17, 15) is 13.2 Å². The van der Waals surface area contributed by atoms with Gasteiger partial charge in [-0.15, -0.1) is 0 Å². The van der Waals surface area contributed by atoms with Gasteiger partial charge in [-0.2, -0.15) is 4.31 Å². The smallest absolute Gasteiger partial charge is 0.257 e. The SMILES string of the molecule is O=C(COc1ccc(S(=O)(=O)N2CCCC2)cc1Cl)NCCCn1ccnc1. The molecule has 2 heterocycles. The van der Waals surface area contributed by atoms with Crippen molar-refractivity contribution in [2.24, 2.45) is 0 Å². The minimum atomic E-state index is -3.54. The van der Waals surface area contributed by atoms with Crippen LogP contribution < -0.4 is 10.1 Å². The van der Waals surface area contributed by atoms with Crippen LogP contribution in [0, 0.1) is 0 Å². The van der Waals surface area contributed by atoms with Crippen LogP contribution >= 0.6 is 11.6 Å². The Morgan fingerprint density at radius 2 is 2.07 bits per heavy atom. The van der Waals surface area contributed by atoms with Crippen molar-refractivity contribution in [1.29, 1.82) is 0 Å². The number of hydrogen-bond acceptors (Lipinski definition) is 5. The lowest BCUT2D eigenvalue weighted by Crippen LogP contribution is -2.30. The highest BCUT2D eigenvalue weighted by atomic mass is 35.5. The standard InChI is InChI=1S/C18H23ClN4O4S/c19-16-12-15(28(25,26)23-9-1-2-10-23)4-5-17(16)27-13-18(24)21-6-3-8-22-11-7-20-14-22/h4-5,7,11-12,14H,1-3,6,8-10,13H2,(H,21,24). The first-order valence-electron chi connectivity index (χ1n) is 9.12. The number of nitrogens with zero attached hydrogens (tertiary/aromatic N) is 3. The summed E-state index contributed by atoms with van der Waals surface area (Å²) in [5.74, 6) is 0.00562. The first-order valence-corrected chi connectivity index (χ1v) is 10.9. The summed E-state index contributed by atoms with van der Waals surface area (Å²) < 4.78 is 33.9. The number of sulfonamides is 1. The second kappa shape index (κ2) is 9.40. The van der Waals surface area contributed by atoms with E-state index in [1.807, 2.05) is 10.8 Å². The Hall–Kier alpha value is -2.10. The molecule has 0 bridgehead atoms. The van der Waals surface area contributed by atoms with Crippen LogP contribution in [-0.2, 0) is 21.4 Å². The number of aryl methyl sites for hydroxylation is 1. The van der Waals surface area contributed by atoms with E-state index >= 15 is 0 Å². The Bertz CT molecular complexity index is 896. The van der Waals surface area contributed by atoms with Crippen LogP contribution in [0.4, 0.5) is 0 Å². The summed E-state index contributed by atoms with van der Waals surface area (Å²) in [5.41, 5.74) is 0. The normalized spacial score (nSPS) is 14.9. The maximum Gasteiger partial charge on any atom is 0.257 e. The fourth-order valence-electron chi connectivity index (χ4n) is 2.94. The largest absolute Gasteiger partial charge is 0.482 e. The van der Waals surface area contributed by atoms with Gasteiger partial charge in [0, 0.05) is 38.6 Å². The zero-order chi connectivity index (χ0) is 20.0. The number of ether oxygens (including phenoxy) is 1. The third kappa shape index (κ3) is 5.24. The van der Waals surface area contributed by atoms with E-state index < -0.39 is 10.0 Å². The molecule has 2 aromatic rings. The number of imidazole rings is 1. The van der Waals surface area contributed by atoms with Gasteiger partial charge in [0.2, 0.25) is 10.0 Å². The number of carbonyl (C=O) groups excluding carboxylic acids is 1. The molecule has 1 saturated heterocycles. The minimum absolute atomic E-state index is 0.135. The maximum atomic E-state index is 12.6. The molecule has 1 amide bonds. The Balaban J connectivity index is 1.47. The lowest BCUT2D eigenvalue weighted by atomic mass is 10.3. The summed E-state index contributed by atoms with van der Waals surface area (Å²) in [7, 11) is -3.54. The maximum absolute atomic E-state index is 12.6. The van der Waals surface area contributed by atoms with E-state index in [4.69, 9.17) is 16.3 Å². The quantitative estimate of drug-likeness (QED) is 0.618. The molecule has 8 nitrogen and oxygen atoms in total. The highest BCUT2D eigenvalue weighted by molar-refractivity contribution is 7.89. The van der Waals surface area contributed by atoms with Gasteiger partial charge in [-0.05, 0) is 37.5 Å². The van der Waals surface area contributed by atoms with Gasteiger partial charge in [-0.3, -0.25) is 4.79 Å². The molecule has 1 aliphatic rings. The van der Waals surface area contributed by atoms with Crippen molar-refractivity contribution in [2.75, 3.05) is 26.2 Å². The monoisotopic (exact) mass is 426 g/mol. The Morgan fingerprint density at radius 1 is 1.29 bits per heavy atom. The van der Waals surface area contributed by atoms with Crippen LogP contribution in [0.15, 0.2) is 41.8 Å². The molecule has 152 valence electrons. The third-order valence-electron chi connectivity index (χ3n) is 4.44. The molecule has 1 aromatic carbocycles. The molecule has 10 heteroatoms. The van der Waals surface area contributed by atoms with E-state index in [1.165, 1.54) is 22.5 Å². The van der Waals surface area contributed by atoms with Gasteiger partial charge in [0.05, 0.1) is 16.2 Å². The van der Waals surface area contributed by atoms with Crippen LogP contribution in [0.5, 0.6) is 5.75 Å². The summed E-state index contributed by atoms with van der Waals surface area (Å²) in [5, 5.41) is 2.92. The predicted octanol–water partition coefficient (Wildman–Crippen LogP) is 1.91. The van der Waals surface area contributed by atoms with Gasteiger partial charge >= 0.3 is 0 Å². The van der Waals surface area contributed by atoms with Crippen molar-refractivity contribution in [3.63, 3.8) is 0 Å². The molecule has 1 N–H and O–H groups in total. The van der Waals surface area contributed by atoms with Crippen molar-refractivity contribution >= 4 is 27.5 Å². The number of halogens is 1. The third-order valence-corrected chi connectivity index (χ3v) is 6.63. The summed E-state index contributed by atoms with van der Waals surface area (Å²) in [6, 6.07) is 4.31. The highest BCUT2D eigenvalue weighted by Crippen LogP contribution is 2.29. The van der Waals surface area contributed by atoms with Crippen molar-refractivity contribution in [3.05, 3.63) is 41.9 Å². The number of rotatable bonds is 9. The van der Waals surface area contributed by atoms with E-state index in [0.29, 0.717) is 19.6 Å². The summed E-state index contributed by atoms with van der Waals surface area (Å²) in [6.07, 6.45) is 7.79. The number of benzene rings is 1. The van der Waals surface area contributed by atoms with Gasteiger partial charge in [-0.25, -0.2) is 13.4 Å². The highest BCUT2D eigenvalue weighted by Gasteiger charge is 2.27. The molecular weight excluding hydrogens is 404 g/mol. The van der Waals surface area contributed by atoms with Gasteiger partial charge in [0.1, 0.15) is 5.75 Å². The second-order valence-corrected chi connectivity index (χ2v) is 8.84. The number of carbonyl (C=O) groups is 1. The van der Waals surface area contributed by atoms with Gasteiger partial charge < -0.3 is 14.6 Å². The fourth-order valence-corrected chi connectivity index (χ4v) is 4.78. The topological polar surface area (TPSA) is 93.5 Å². The molecule has 3 rings (SSSR count). The molecule has 28 heavy (non-hydrogen) atoms. The molecule has 1 aliphatic heterocycles. The molecule has 1 fully saturated rings. The lowest BCUT2D eigenvalue weighted by Gasteiger charge is -2.16. The van der Waals surface area contributed by atoms with Crippen LogP contribution in [0.3, 0.4) is 0 Å². The number of nitrogens with one attached hydrogen (secondary N) is 1. The summed E-state index contributed by atoms with van der Waals surface area (Å²) in [4.78, 5) is 16.0. The van der Waals surface area contributed by atoms with Crippen LogP contribution in [0.1, 0.15) is 19.3 Å². The van der Waals surface area contributed by atoms with E-state index in [-0.39, 0.29) is 28.2 Å². The average Bonchev–Trinajstić information content (AvgIpc) is 3.38. The zero-order valence-corrected chi connectivity index (χ0v) is 17.0. The molecule has 0 aliphatic carbocycles. The summed E-state index contributed by atoms with van der Waals surface area (Å²) >= 11 is 6.16. The Kier molecular flexibility index (Phi) is 6.93. The van der Waals surface area contributed by atoms with Gasteiger partial charge in [-0.1, -0.05) is 11.6 Å². The van der Waals surface area contributed by atoms with Crippen LogP contribution in [0.2, 0.25) is 5.02 Å². The van der Waals surface area contributed by atoms with Crippen molar-refractivity contribution in [1.82, 2.24) is 19.2 Å². The second-order valence-electron chi connectivity index (χ2n) is 6.50. The first-order chi connectivity index (χ1) is 13.5. The van der Waals surface area contributed by atoms with E-state index in [2.05, 4.69) is 10.3 Å². The average molecular weight is 427 g/mol. The van der Waals surface area contributed by atoms with Crippen molar-refractivity contribution < 1.29 is 17.9 Å². The molecule has 0 saturated carbocycles. The molecule has 0 atom stereocenters. The molecule has 0 spiro atoms. The van der Waals surface area contributed by atoms with Crippen molar-refractivity contribution in [3.8, 4) is 5.75 Å². The minimum Gasteiger partial charge on any atom is -0.482 e. The molecule has 1 aromatic heterocycles. The van der Waals surface area contributed by atoms with Gasteiger partial charge in [0.25, 0.3) is 5.91 Å². The molecular formula is C18H23ClN4O4S. The summed E-state index contributed by atoms with van der Waals surface area (Å²) in [6.45, 7) is 2.14. The number of hydrogen-bond donors (Lipinski definition) is 1. The van der Waals surface area contributed by atoms with Crippen LogP contribution in [0.25, 0.3) is 0 Å². The van der Waals surface area contributed by atoms with E-state index in [1.54, 1.807) is 12.5 Å². The zero-order valence-electron chi connectivity index (χ0n) is 15.4.